The molecule has 0 atom stereocenters. The van der Waals surface area contributed by atoms with Gasteiger partial charge in [0.05, 0.1) is 19.3 Å². The van der Waals surface area contributed by atoms with Gasteiger partial charge in [-0.15, -0.1) is 0 Å². The van der Waals surface area contributed by atoms with E-state index in [-0.39, 0.29) is 35.1 Å². The van der Waals surface area contributed by atoms with Crippen molar-refractivity contribution in [2.75, 3.05) is 40.0 Å². The molecule has 3 rings (SSSR count). The fourth-order valence-electron chi connectivity index (χ4n) is 3.53. The smallest absolute Gasteiger partial charge is 0.338 e. The number of halogens is 1. The first kappa shape index (κ1) is 25.0. The Morgan fingerprint density at radius 1 is 0.882 bits per heavy atom. The van der Waals surface area contributed by atoms with Gasteiger partial charge in [0.2, 0.25) is 0 Å². The first-order chi connectivity index (χ1) is 16.4. The van der Waals surface area contributed by atoms with E-state index in [0.717, 1.165) is 38.4 Å². The maximum absolute atomic E-state index is 13.8. The molecule has 1 aliphatic heterocycles. The second kappa shape index (κ2) is 12.0. The molecule has 0 saturated carbocycles. The second-order valence-electron chi connectivity index (χ2n) is 7.67. The number of benzene rings is 2. The van der Waals surface area contributed by atoms with E-state index in [2.05, 4.69) is 0 Å². The average molecular weight is 473 g/mol. The van der Waals surface area contributed by atoms with Crippen LogP contribution in [0.4, 0.5) is 4.39 Å². The van der Waals surface area contributed by atoms with Crippen molar-refractivity contribution in [1.82, 2.24) is 4.90 Å². The third kappa shape index (κ3) is 6.46. The topological polar surface area (TPSA) is 91.4 Å². The Labute approximate surface area is 197 Å². The molecule has 0 aliphatic carbocycles. The molecule has 0 N–H and O–H groups in total. The number of rotatable bonds is 10. The molecule has 1 heterocycles. The van der Waals surface area contributed by atoms with Gasteiger partial charge < -0.3 is 23.8 Å². The van der Waals surface area contributed by atoms with Crippen LogP contribution in [-0.4, -0.2) is 62.6 Å². The number of piperidine rings is 1. The number of likely N-dealkylation sites (tertiary alicyclic amines) is 1. The van der Waals surface area contributed by atoms with Crippen LogP contribution in [0.2, 0.25) is 0 Å². The SMILES string of the molecule is CCOc1cc(C(=O)OCC(=O)c2ccc(OC)c(F)c2)ccc1OCC(=O)N1CCCCC1. The highest BCUT2D eigenvalue weighted by atomic mass is 19.1. The number of ketones is 1. The monoisotopic (exact) mass is 473 g/mol. The van der Waals surface area contributed by atoms with Crippen LogP contribution in [0.15, 0.2) is 36.4 Å². The zero-order chi connectivity index (χ0) is 24.5. The highest BCUT2D eigenvalue weighted by Crippen LogP contribution is 2.29. The number of ether oxygens (including phenoxy) is 4. The summed E-state index contributed by atoms with van der Waals surface area (Å²) in [4.78, 5) is 38.9. The van der Waals surface area contributed by atoms with Crippen LogP contribution < -0.4 is 14.2 Å². The number of methoxy groups -OCH3 is 1. The number of Topliss-reactive ketones (excluding diaryl/α,β-unsaturated/α-hetero) is 1. The van der Waals surface area contributed by atoms with E-state index >= 15 is 0 Å². The first-order valence-electron chi connectivity index (χ1n) is 11.1. The molecule has 182 valence electrons. The van der Waals surface area contributed by atoms with Crippen LogP contribution in [0.1, 0.15) is 46.9 Å². The Kier molecular flexibility index (Phi) is 8.84. The number of carbonyl (C=O) groups is 3. The van der Waals surface area contributed by atoms with Crippen LogP contribution in [0.25, 0.3) is 0 Å². The van der Waals surface area contributed by atoms with Crippen molar-refractivity contribution in [3.63, 3.8) is 0 Å². The molecular weight excluding hydrogens is 445 g/mol. The quantitative estimate of drug-likeness (QED) is 0.384. The maximum atomic E-state index is 13.8. The number of amides is 1. The van der Waals surface area contributed by atoms with Crippen molar-refractivity contribution in [3.05, 3.63) is 53.3 Å². The zero-order valence-corrected chi connectivity index (χ0v) is 19.3. The molecule has 1 amide bonds. The van der Waals surface area contributed by atoms with Crippen LogP contribution >= 0.6 is 0 Å². The van der Waals surface area contributed by atoms with Gasteiger partial charge in [-0.2, -0.15) is 0 Å². The van der Waals surface area contributed by atoms with Crippen molar-refractivity contribution in [3.8, 4) is 17.2 Å². The molecule has 1 saturated heterocycles. The molecule has 34 heavy (non-hydrogen) atoms. The standard InChI is InChI=1S/C25H28FNO7/c1-3-32-23-14-18(8-10-22(23)33-16-24(29)27-11-5-4-6-12-27)25(30)34-15-20(28)17-7-9-21(31-2)19(26)13-17/h7-10,13-14H,3-6,11-12,15-16H2,1-2H3. The van der Waals surface area contributed by atoms with E-state index in [1.807, 2.05) is 0 Å². The van der Waals surface area contributed by atoms with E-state index in [1.54, 1.807) is 11.8 Å². The van der Waals surface area contributed by atoms with Crippen molar-refractivity contribution < 1.29 is 37.7 Å². The fourth-order valence-corrected chi connectivity index (χ4v) is 3.53. The molecule has 0 aromatic heterocycles. The summed E-state index contributed by atoms with van der Waals surface area (Å²) in [5.74, 6) is -1.47. The minimum atomic E-state index is -0.751. The Morgan fingerprint density at radius 3 is 2.26 bits per heavy atom. The molecule has 1 aliphatic rings. The third-order valence-electron chi connectivity index (χ3n) is 5.35. The summed E-state index contributed by atoms with van der Waals surface area (Å²) in [5, 5.41) is 0. The van der Waals surface area contributed by atoms with Crippen molar-refractivity contribution in [1.29, 1.82) is 0 Å². The van der Waals surface area contributed by atoms with Crippen molar-refractivity contribution in [2.45, 2.75) is 26.2 Å². The Hall–Kier alpha value is -3.62. The van der Waals surface area contributed by atoms with Gasteiger partial charge in [-0.3, -0.25) is 9.59 Å². The van der Waals surface area contributed by atoms with Crippen LogP contribution in [0.3, 0.4) is 0 Å². The molecule has 2 aromatic rings. The first-order valence-corrected chi connectivity index (χ1v) is 11.1. The van der Waals surface area contributed by atoms with Gasteiger partial charge in [0.25, 0.3) is 5.91 Å². The Balaban J connectivity index is 1.60. The maximum Gasteiger partial charge on any atom is 0.338 e. The van der Waals surface area contributed by atoms with Gasteiger partial charge in [-0.25, -0.2) is 9.18 Å². The summed E-state index contributed by atoms with van der Waals surface area (Å²) in [6.07, 6.45) is 3.10. The molecule has 0 bridgehead atoms. The number of nitrogens with zero attached hydrogens (tertiary/aromatic N) is 1. The van der Waals surface area contributed by atoms with Crippen LogP contribution in [-0.2, 0) is 9.53 Å². The van der Waals surface area contributed by atoms with Gasteiger partial charge in [-0.05, 0) is 62.6 Å². The van der Waals surface area contributed by atoms with Crippen LogP contribution in [0, 0.1) is 5.82 Å². The van der Waals surface area contributed by atoms with E-state index in [4.69, 9.17) is 18.9 Å². The summed E-state index contributed by atoms with van der Waals surface area (Å²) in [6.45, 7) is 2.87. The average Bonchev–Trinajstić information content (AvgIpc) is 2.86. The highest BCUT2D eigenvalue weighted by molar-refractivity contribution is 5.99. The van der Waals surface area contributed by atoms with E-state index in [1.165, 1.54) is 37.4 Å². The number of carbonyl (C=O) groups excluding carboxylic acids is 3. The summed E-state index contributed by atoms with van der Waals surface area (Å²) in [7, 11) is 1.32. The summed E-state index contributed by atoms with van der Waals surface area (Å²) in [6, 6.07) is 8.16. The van der Waals surface area contributed by atoms with E-state index in [9.17, 15) is 18.8 Å². The lowest BCUT2D eigenvalue weighted by Gasteiger charge is -2.26. The Morgan fingerprint density at radius 2 is 1.59 bits per heavy atom. The lowest BCUT2D eigenvalue weighted by atomic mass is 10.1. The fraction of sp³-hybridized carbons (Fsp3) is 0.400. The van der Waals surface area contributed by atoms with Gasteiger partial charge in [0, 0.05) is 18.7 Å². The Bertz CT molecular complexity index is 1030. The highest BCUT2D eigenvalue weighted by Gasteiger charge is 2.19. The molecule has 0 radical (unpaired) electrons. The minimum Gasteiger partial charge on any atom is -0.494 e. The predicted octanol–water partition coefficient (Wildman–Crippen LogP) is 3.66. The largest absolute Gasteiger partial charge is 0.494 e. The van der Waals surface area contributed by atoms with E-state index < -0.39 is 24.2 Å². The number of esters is 1. The van der Waals surface area contributed by atoms with Crippen LogP contribution in [0.5, 0.6) is 17.2 Å². The van der Waals surface area contributed by atoms with Gasteiger partial charge >= 0.3 is 5.97 Å². The lowest BCUT2D eigenvalue weighted by Crippen LogP contribution is -2.38. The molecule has 2 aromatic carbocycles. The molecule has 9 heteroatoms. The molecule has 1 fully saturated rings. The lowest BCUT2D eigenvalue weighted by molar-refractivity contribution is -0.134. The number of hydrogen-bond acceptors (Lipinski definition) is 7. The van der Waals surface area contributed by atoms with Gasteiger partial charge in [0.15, 0.2) is 42.1 Å². The molecule has 0 unspecified atom stereocenters. The second-order valence-corrected chi connectivity index (χ2v) is 7.67. The molecular formula is C25H28FNO7. The molecule has 0 spiro atoms. The zero-order valence-electron chi connectivity index (χ0n) is 19.3. The summed E-state index contributed by atoms with van der Waals surface area (Å²) >= 11 is 0. The van der Waals surface area contributed by atoms with Crippen molar-refractivity contribution >= 4 is 17.7 Å². The minimum absolute atomic E-state index is 0.0111. The van der Waals surface area contributed by atoms with Crippen molar-refractivity contribution in [2.24, 2.45) is 0 Å². The molecule has 8 nitrogen and oxygen atoms in total. The third-order valence-corrected chi connectivity index (χ3v) is 5.35. The normalized spacial score (nSPS) is 13.2. The van der Waals surface area contributed by atoms with Gasteiger partial charge in [0.1, 0.15) is 0 Å². The summed E-state index contributed by atoms with van der Waals surface area (Å²) < 4.78 is 34.9. The predicted molar refractivity (Wildman–Crippen MR) is 121 cm³/mol. The summed E-state index contributed by atoms with van der Waals surface area (Å²) in [5.41, 5.74) is 0.204. The van der Waals surface area contributed by atoms with Gasteiger partial charge in [-0.1, -0.05) is 0 Å². The van der Waals surface area contributed by atoms with E-state index in [0.29, 0.717) is 12.4 Å². The number of hydrogen-bond donors (Lipinski definition) is 0.